The Kier molecular flexibility index (Phi) is 7.00. The maximum atomic E-state index is 6.65. The van der Waals surface area contributed by atoms with Gasteiger partial charge in [-0.05, 0) is 105 Å². The molecule has 1 nitrogen and oxygen atoms in total. The number of hydrogen-bond acceptors (Lipinski definition) is 1. The average Bonchev–Trinajstić information content (AvgIpc) is 3.68. The highest BCUT2D eigenvalue weighted by Crippen LogP contribution is 2.45. The molecule has 1 heteroatoms. The van der Waals surface area contributed by atoms with Crippen molar-refractivity contribution in [2.45, 2.75) is 0 Å². The first-order valence-corrected chi connectivity index (χ1v) is 19.7. The molecular weight excluding hydrogens is 689 g/mol. The summed E-state index contributed by atoms with van der Waals surface area (Å²) < 4.78 is 6.65. The van der Waals surface area contributed by atoms with E-state index in [1.165, 1.54) is 87.6 Å². The Balaban J connectivity index is 1.01. The monoisotopic (exact) mass is 722 g/mol. The zero-order chi connectivity index (χ0) is 37.5. The lowest BCUT2D eigenvalue weighted by molar-refractivity contribution is 0.670. The Morgan fingerprint density at radius 3 is 1.39 bits per heavy atom. The zero-order valence-electron chi connectivity index (χ0n) is 31.0. The first kappa shape index (κ1) is 31.8. The van der Waals surface area contributed by atoms with Gasteiger partial charge in [0.15, 0.2) is 0 Å². The normalized spacial score (nSPS) is 11.9. The van der Waals surface area contributed by atoms with Gasteiger partial charge < -0.3 is 4.42 Å². The van der Waals surface area contributed by atoms with Crippen molar-refractivity contribution in [2.75, 3.05) is 0 Å². The van der Waals surface area contributed by atoms with Crippen LogP contribution in [-0.4, -0.2) is 0 Å². The highest BCUT2D eigenvalue weighted by molar-refractivity contribution is 6.27. The van der Waals surface area contributed by atoms with Crippen molar-refractivity contribution in [1.82, 2.24) is 0 Å². The quantitative estimate of drug-likeness (QED) is 0.161. The second-order valence-corrected chi connectivity index (χ2v) is 15.1. The molecule has 0 spiro atoms. The second-order valence-electron chi connectivity index (χ2n) is 15.1. The van der Waals surface area contributed by atoms with Crippen LogP contribution in [0.1, 0.15) is 0 Å². The topological polar surface area (TPSA) is 13.1 Å². The molecule has 0 fully saturated rings. The Bertz CT molecular complexity index is 3500. The maximum absolute atomic E-state index is 6.65. The summed E-state index contributed by atoms with van der Waals surface area (Å²) in [6, 6.07) is 75.1. The third kappa shape index (κ3) is 4.89. The van der Waals surface area contributed by atoms with Crippen molar-refractivity contribution in [2.24, 2.45) is 0 Å². The minimum atomic E-state index is 0.899. The molecule has 0 radical (unpaired) electrons. The number of para-hydroxylation sites is 1. The number of fused-ring (bicyclic) bond motifs is 4. The predicted molar refractivity (Wildman–Crippen MR) is 242 cm³/mol. The molecule has 1 heterocycles. The third-order valence-electron chi connectivity index (χ3n) is 12.1. The molecule has 0 aliphatic carbocycles. The second kappa shape index (κ2) is 12.5. The summed E-state index contributed by atoms with van der Waals surface area (Å²) in [6.45, 7) is 0. The van der Waals surface area contributed by atoms with Crippen molar-refractivity contribution >= 4 is 65.0 Å². The van der Waals surface area contributed by atoms with E-state index in [2.05, 4.69) is 206 Å². The maximum Gasteiger partial charge on any atom is 0.143 e. The largest absolute Gasteiger partial charge is 0.455 e. The van der Waals surface area contributed by atoms with E-state index in [0.717, 1.165) is 33.1 Å². The van der Waals surface area contributed by atoms with E-state index in [0.29, 0.717) is 0 Å². The Morgan fingerprint density at radius 2 is 0.702 bits per heavy atom. The molecule has 0 N–H and O–H groups in total. The fourth-order valence-electron chi connectivity index (χ4n) is 9.48. The van der Waals surface area contributed by atoms with Gasteiger partial charge in [0.2, 0.25) is 0 Å². The Morgan fingerprint density at radius 1 is 0.246 bits per heavy atom. The molecule has 12 aromatic rings. The van der Waals surface area contributed by atoms with Gasteiger partial charge in [0.05, 0.1) is 0 Å². The van der Waals surface area contributed by atoms with Gasteiger partial charge in [-0.3, -0.25) is 0 Å². The number of hydrogen-bond donors (Lipinski definition) is 0. The van der Waals surface area contributed by atoms with Gasteiger partial charge in [0, 0.05) is 16.3 Å². The summed E-state index contributed by atoms with van der Waals surface area (Å²) in [6.07, 6.45) is 0. The van der Waals surface area contributed by atoms with Crippen LogP contribution < -0.4 is 0 Å². The smallest absolute Gasteiger partial charge is 0.143 e. The van der Waals surface area contributed by atoms with Crippen LogP contribution in [0.2, 0.25) is 0 Å². The molecule has 0 saturated heterocycles. The van der Waals surface area contributed by atoms with Crippen LogP contribution in [0.15, 0.2) is 211 Å². The molecule has 0 atom stereocenters. The summed E-state index contributed by atoms with van der Waals surface area (Å²) in [5.41, 5.74) is 13.9. The van der Waals surface area contributed by atoms with Gasteiger partial charge >= 0.3 is 0 Å². The molecular formula is C56H34O. The van der Waals surface area contributed by atoms with Gasteiger partial charge in [-0.15, -0.1) is 0 Å². The molecule has 264 valence electrons. The van der Waals surface area contributed by atoms with Gasteiger partial charge in [-0.2, -0.15) is 0 Å². The average molecular weight is 723 g/mol. The molecule has 0 unspecified atom stereocenters. The van der Waals surface area contributed by atoms with Gasteiger partial charge in [0.1, 0.15) is 11.2 Å². The lowest BCUT2D eigenvalue weighted by Gasteiger charge is -2.17. The SMILES string of the molecule is c1ccc(-c2ccc3ccc4c(-c5cccc(-c6ccc(-c7cccc8oc9c(-c%10ccccc%10)cccc9c78)c7ccccc67)c5)ccc5ccc2c3c54)cc1. The fraction of sp³-hybridized carbons (Fsp3) is 0. The first-order valence-electron chi connectivity index (χ1n) is 19.7. The number of furan rings is 1. The van der Waals surface area contributed by atoms with Crippen LogP contribution in [0.3, 0.4) is 0 Å². The van der Waals surface area contributed by atoms with Crippen molar-refractivity contribution < 1.29 is 4.42 Å². The summed E-state index contributed by atoms with van der Waals surface area (Å²) in [5.74, 6) is 0. The molecule has 11 aromatic carbocycles. The molecule has 0 saturated carbocycles. The van der Waals surface area contributed by atoms with E-state index in [1.807, 2.05) is 0 Å². The molecule has 57 heavy (non-hydrogen) atoms. The van der Waals surface area contributed by atoms with Crippen LogP contribution in [0.4, 0.5) is 0 Å². The standard InChI is InChI=1S/C56H34O/c1-3-12-35(13-4-1)41-28-24-37-27-31-50-43(29-25-38-26-30-49(41)53(37)54(38)50)40-17-9-16-39(34-40)42-32-33-47(46-19-8-7-18-45(42)46)48-21-11-23-52-55(48)51-22-10-20-44(56(51)57-52)36-14-5-2-6-15-36/h1-34H. The van der Waals surface area contributed by atoms with Crippen LogP contribution in [-0.2, 0) is 0 Å². The van der Waals surface area contributed by atoms with Crippen LogP contribution in [0.25, 0.3) is 121 Å². The molecule has 0 bridgehead atoms. The summed E-state index contributed by atoms with van der Waals surface area (Å²) >= 11 is 0. The van der Waals surface area contributed by atoms with Crippen LogP contribution in [0.5, 0.6) is 0 Å². The Hall–Kier alpha value is -7.48. The third-order valence-corrected chi connectivity index (χ3v) is 12.1. The predicted octanol–water partition coefficient (Wildman–Crippen LogP) is 16.0. The van der Waals surface area contributed by atoms with E-state index in [4.69, 9.17) is 4.42 Å². The minimum absolute atomic E-state index is 0.899. The summed E-state index contributed by atoms with van der Waals surface area (Å²) in [7, 11) is 0. The molecule has 12 rings (SSSR count). The Labute approximate surface area is 330 Å². The van der Waals surface area contributed by atoms with E-state index in [1.54, 1.807) is 0 Å². The van der Waals surface area contributed by atoms with Crippen LogP contribution in [0, 0.1) is 0 Å². The molecule has 0 aliphatic heterocycles. The van der Waals surface area contributed by atoms with Crippen molar-refractivity contribution in [3.05, 3.63) is 206 Å². The van der Waals surface area contributed by atoms with Crippen molar-refractivity contribution in [3.63, 3.8) is 0 Å². The van der Waals surface area contributed by atoms with Gasteiger partial charge in [0.25, 0.3) is 0 Å². The zero-order valence-corrected chi connectivity index (χ0v) is 31.0. The molecule has 1 aromatic heterocycles. The van der Waals surface area contributed by atoms with E-state index in [9.17, 15) is 0 Å². The van der Waals surface area contributed by atoms with Gasteiger partial charge in [-0.25, -0.2) is 0 Å². The van der Waals surface area contributed by atoms with Crippen molar-refractivity contribution in [3.8, 4) is 55.6 Å². The lowest BCUT2D eigenvalue weighted by Crippen LogP contribution is -1.90. The highest BCUT2D eigenvalue weighted by atomic mass is 16.3. The number of benzene rings is 11. The van der Waals surface area contributed by atoms with E-state index in [-0.39, 0.29) is 0 Å². The van der Waals surface area contributed by atoms with Crippen molar-refractivity contribution in [1.29, 1.82) is 0 Å². The minimum Gasteiger partial charge on any atom is -0.455 e. The molecule has 0 aliphatic rings. The molecule has 0 amide bonds. The highest BCUT2D eigenvalue weighted by Gasteiger charge is 2.19. The van der Waals surface area contributed by atoms with E-state index >= 15 is 0 Å². The lowest BCUT2D eigenvalue weighted by atomic mass is 9.86. The number of rotatable bonds is 5. The summed E-state index contributed by atoms with van der Waals surface area (Å²) in [5, 5.41) is 12.5. The summed E-state index contributed by atoms with van der Waals surface area (Å²) in [4.78, 5) is 0. The first-order chi connectivity index (χ1) is 28.3. The van der Waals surface area contributed by atoms with Gasteiger partial charge in [-0.1, -0.05) is 194 Å². The van der Waals surface area contributed by atoms with Crippen LogP contribution >= 0.6 is 0 Å². The van der Waals surface area contributed by atoms with E-state index < -0.39 is 0 Å². The fourth-order valence-corrected chi connectivity index (χ4v) is 9.48.